The van der Waals surface area contributed by atoms with Crippen LogP contribution in [0.1, 0.15) is 33.2 Å². The molecule has 4 rings (SSSR count). The Morgan fingerprint density at radius 2 is 1.34 bits per heavy atom. The van der Waals surface area contributed by atoms with Crippen LogP contribution in [-0.4, -0.2) is 30.2 Å². The van der Waals surface area contributed by atoms with E-state index < -0.39 is 23.9 Å². The molecule has 1 amide bonds. The predicted octanol–water partition coefficient (Wildman–Crippen LogP) is 7.00. The largest absolute Gasteiger partial charge is 0.481 e. The van der Waals surface area contributed by atoms with Crippen LogP contribution in [-0.2, 0) is 4.79 Å². The van der Waals surface area contributed by atoms with Crippen molar-refractivity contribution in [3.63, 3.8) is 0 Å². The van der Waals surface area contributed by atoms with Crippen LogP contribution in [0.4, 0.5) is 0 Å². The molecule has 0 spiro atoms. The Bertz CT molecular complexity index is 1590. The second-order valence-electron chi connectivity index (χ2n) is 8.44. The molecule has 0 aliphatic heterocycles. The molecule has 41 heavy (non-hydrogen) atoms. The summed E-state index contributed by atoms with van der Waals surface area (Å²) in [6, 6.07) is 23.3. The maximum Gasteiger partial charge on any atom is 0.343 e. The highest BCUT2D eigenvalue weighted by atomic mass is 35.5. The molecule has 1 N–H and O–H groups in total. The summed E-state index contributed by atoms with van der Waals surface area (Å²) in [6.45, 7) is 1.55. The molecular formula is C30H21Cl3N2O6. The summed E-state index contributed by atoms with van der Waals surface area (Å²) in [4.78, 5) is 37.9. The van der Waals surface area contributed by atoms with Crippen LogP contribution >= 0.6 is 34.8 Å². The van der Waals surface area contributed by atoms with Crippen molar-refractivity contribution in [2.24, 2.45) is 5.10 Å². The minimum absolute atomic E-state index is 0.0209. The first-order valence-electron chi connectivity index (χ1n) is 12.0. The zero-order chi connectivity index (χ0) is 29.4. The third-order valence-corrected chi connectivity index (χ3v) is 6.15. The van der Waals surface area contributed by atoms with Crippen molar-refractivity contribution < 1.29 is 28.6 Å². The van der Waals surface area contributed by atoms with Gasteiger partial charge in [0.15, 0.2) is 6.10 Å². The van der Waals surface area contributed by atoms with E-state index in [1.54, 1.807) is 55.5 Å². The Balaban J connectivity index is 1.51. The summed E-state index contributed by atoms with van der Waals surface area (Å²) >= 11 is 17.8. The fourth-order valence-electron chi connectivity index (χ4n) is 3.32. The fourth-order valence-corrected chi connectivity index (χ4v) is 3.76. The molecule has 0 radical (unpaired) electrons. The van der Waals surface area contributed by atoms with Crippen molar-refractivity contribution in [2.75, 3.05) is 0 Å². The molecular weight excluding hydrogens is 591 g/mol. The van der Waals surface area contributed by atoms with E-state index in [1.165, 1.54) is 48.7 Å². The number of carbonyl (C=O) groups excluding carboxylic acids is 3. The first-order chi connectivity index (χ1) is 19.7. The number of benzene rings is 4. The van der Waals surface area contributed by atoms with Gasteiger partial charge >= 0.3 is 11.9 Å². The van der Waals surface area contributed by atoms with E-state index in [-0.39, 0.29) is 22.6 Å². The lowest BCUT2D eigenvalue weighted by Crippen LogP contribution is -2.33. The van der Waals surface area contributed by atoms with Crippen molar-refractivity contribution in [2.45, 2.75) is 13.0 Å². The monoisotopic (exact) mass is 610 g/mol. The van der Waals surface area contributed by atoms with Crippen LogP contribution in [0.3, 0.4) is 0 Å². The van der Waals surface area contributed by atoms with Gasteiger partial charge in [0.2, 0.25) is 0 Å². The second kappa shape index (κ2) is 13.8. The van der Waals surface area contributed by atoms with Gasteiger partial charge < -0.3 is 14.2 Å². The Morgan fingerprint density at radius 3 is 1.95 bits per heavy atom. The number of hydrogen-bond donors (Lipinski definition) is 1. The summed E-state index contributed by atoms with van der Waals surface area (Å²) in [6.07, 6.45) is 0.390. The number of carbonyl (C=O) groups is 3. The van der Waals surface area contributed by atoms with Crippen molar-refractivity contribution >= 4 is 58.9 Å². The lowest BCUT2D eigenvalue weighted by molar-refractivity contribution is -0.127. The van der Waals surface area contributed by atoms with Crippen LogP contribution in [0, 0.1) is 0 Å². The molecule has 4 aromatic rings. The second-order valence-corrected chi connectivity index (χ2v) is 9.75. The number of halogens is 3. The van der Waals surface area contributed by atoms with Gasteiger partial charge in [-0.3, -0.25) is 4.79 Å². The lowest BCUT2D eigenvalue weighted by atomic mass is 10.2. The van der Waals surface area contributed by atoms with Crippen LogP contribution in [0.25, 0.3) is 0 Å². The highest BCUT2D eigenvalue weighted by molar-refractivity contribution is 6.31. The molecule has 0 fully saturated rings. The number of nitrogens with one attached hydrogen (secondary N) is 1. The van der Waals surface area contributed by atoms with E-state index in [0.717, 1.165) is 0 Å². The van der Waals surface area contributed by atoms with Crippen LogP contribution < -0.4 is 19.6 Å². The molecule has 0 aliphatic rings. The number of hydrogen-bond acceptors (Lipinski definition) is 7. The third-order valence-electron chi connectivity index (χ3n) is 5.41. The van der Waals surface area contributed by atoms with Gasteiger partial charge in [0.1, 0.15) is 17.2 Å². The normalized spacial score (nSPS) is 11.5. The van der Waals surface area contributed by atoms with E-state index >= 15 is 0 Å². The molecule has 8 nitrogen and oxygen atoms in total. The molecule has 0 saturated heterocycles. The number of hydrazone groups is 1. The highest BCUT2D eigenvalue weighted by Gasteiger charge is 2.17. The molecule has 0 saturated carbocycles. The van der Waals surface area contributed by atoms with E-state index in [4.69, 9.17) is 49.0 Å². The SMILES string of the molecule is CC(Oc1cccc(Cl)c1)C(=O)N/N=C/c1ccc(OC(=O)c2ccc(Cl)cc2)cc1OC(=O)c1ccc(Cl)cc1. The van der Waals surface area contributed by atoms with Gasteiger partial charge in [0.05, 0.1) is 17.3 Å². The maximum absolute atomic E-state index is 12.8. The summed E-state index contributed by atoms with van der Waals surface area (Å²) in [5.74, 6) is -1.32. The van der Waals surface area contributed by atoms with E-state index in [9.17, 15) is 14.4 Å². The highest BCUT2D eigenvalue weighted by Crippen LogP contribution is 2.26. The van der Waals surface area contributed by atoms with Gasteiger partial charge in [-0.05, 0) is 85.8 Å². The molecule has 4 aromatic carbocycles. The van der Waals surface area contributed by atoms with E-state index in [1.807, 2.05) is 0 Å². The predicted molar refractivity (Wildman–Crippen MR) is 157 cm³/mol. The average molecular weight is 612 g/mol. The Hall–Kier alpha value is -4.37. The zero-order valence-corrected chi connectivity index (χ0v) is 23.6. The number of ether oxygens (including phenoxy) is 3. The Labute approximate surface area is 250 Å². The minimum atomic E-state index is -0.887. The quantitative estimate of drug-likeness (QED) is 0.0946. The van der Waals surface area contributed by atoms with Gasteiger partial charge in [-0.15, -0.1) is 0 Å². The van der Waals surface area contributed by atoms with Gasteiger partial charge in [-0.1, -0.05) is 40.9 Å². The van der Waals surface area contributed by atoms with E-state index in [2.05, 4.69) is 10.5 Å². The number of amides is 1. The third kappa shape index (κ3) is 8.56. The van der Waals surface area contributed by atoms with E-state index in [0.29, 0.717) is 26.4 Å². The molecule has 11 heteroatoms. The fraction of sp³-hybridized carbons (Fsp3) is 0.0667. The van der Waals surface area contributed by atoms with Crippen molar-refractivity contribution in [3.05, 3.63) is 123 Å². The molecule has 0 bridgehead atoms. The molecule has 0 aromatic heterocycles. The standard InChI is InChI=1S/C30H21Cl3N2O6/c1-18(39-25-4-2-3-24(33)15-25)28(36)35-34-17-21-9-14-26(40-29(37)19-5-10-22(31)11-6-19)16-27(21)41-30(38)20-7-12-23(32)13-8-20/h2-18H,1H3,(H,35,36)/b34-17+. The van der Waals surface area contributed by atoms with Crippen molar-refractivity contribution in [3.8, 4) is 17.2 Å². The van der Waals surface area contributed by atoms with Crippen molar-refractivity contribution in [1.82, 2.24) is 5.43 Å². The molecule has 0 heterocycles. The molecule has 1 atom stereocenters. The summed E-state index contributed by atoms with van der Waals surface area (Å²) in [5.41, 5.74) is 3.20. The average Bonchev–Trinajstić information content (AvgIpc) is 2.94. The van der Waals surface area contributed by atoms with Gasteiger partial charge in [-0.25, -0.2) is 15.0 Å². The zero-order valence-electron chi connectivity index (χ0n) is 21.3. The van der Waals surface area contributed by atoms with Crippen LogP contribution in [0.2, 0.25) is 15.1 Å². The minimum Gasteiger partial charge on any atom is -0.481 e. The first kappa shape index (κ1) is 29.6. The smallest absolute Gasteiger partial charge is 0.343 e. The topological polar surface area (TPSA) is 103 Å². The molecule has 1 unspecified atom stereocenters. The van der Waals surface area contributed by atoms with Gasteiger partial charge in [0.25, 0.3) is 5.91 Å². The van der Waals surface area contributed by atoms with Crippen molar-refractivity contribution in [1.29, 1.82) is 0 Å². The molecule has 0 aliphatic carbocycles. The first-order valence-corrected chi connectivity index (χ1v) is 13.2. The summed E-state index contributed by atoms with van der Waals surface area (Å²) < 4.78 is 16.6. The number of rotatable bonds is 9. The van der Waals surface area contributed by atoms with Crippen LogP contribution in [0.5, 0.6) is 17.2 Å². The van der Waals surface area contributed by atoms with Gasteiger partial charge in [0, 0.05) is 26.7 Å². The number of nitrogens with zero attached hydrogens (tertiary/aromatic N) is 1. The Kier molecular flexibility index (Phi) is 9.97. The van der Waals surface area contributed by atoms with Crippen LogP contribution in [0.15, 0.2) is 96.1 Å². The van der Waals surface area contributed by atoms with Gasteiger partial charge in [-0.2, -0.15) is 5.10 Å². The number of esters is 2. The maximum atomic E-state index is 12.8. The Morgan fingerprint density at radius 1 is 0.732 bits per heavy atom. The summed E-state index contributed by atoms with van der Waals surface area (Å²) in [7, 11) is 0. The molecule has 208 valence electrons. The summed E-state index contributed by atoms with van der Waals surface area (Å²) in [5, 5.41) is 5.35. The lowest BCUT2D eigenvalue weighted by Gasteiger charge is -2.13.